The van der Waals surface area contributed by atoms with E-state index in [-0.39, 0.29) is 29.4 Å². The molecule has 1 N–H and O–H groups in total. The topological polar surface area (TPSA) is 116 Å². The van der Waals surface area contributed by atoms with Crippen LogP contribution >= 0.6 is 15.9 Å². The predicted octanol–water partition coefficient (Wildman–Crippen LogP) is 3.05. The second-order valence-corrected chi connectivity index (χ2v) is 13.0. The van der Waals surface area contributed by atoms with Crippen LogP contribution in [0, 0.1) is 0 Å². The van der Waals surface area contributed by atoms with Crippen molar-refractivity contribution in [1.29, 1.82) is 0 Å². The van der Waals surface area contributed by atoms with Gasteiger partial charge in [0.25, 0.3) is 5.91 Å². The average molecular weight is 606 g/mol. The summed E-state index contributed by atoms with van der Waals surface area (Å²) in [5.74, 6) is -0.734. The lowest BCUT2D eigenvalue weighted by atomic mass is 10.1. The smallest absolute Gasteiger partial charge is 0.259 e. The first-order valence-corrected chi connectivity index (χ1v) is 15.0. The van der Waals surface area contributed by atoms with E-state index in [2.05, 4.69) is 26.5 Å². The summed E-state index contributed by atoms with van der Waals surface area (Å²) in [4.78, 5) is 13.4. The number of hydrogen-bond acceptors (Lipinski definition) is 6. The summed E-state index contributed by atoms with van der Waals surface area (Å²) in [5, 5.41) is 4.15. The number of hydrogen-bond donors (Lipinski definition) is 1. The van der Waals surface area contributed by atoms with E-state index in [1.54, 1.807) is 43.3 Å². The second-order valence-electron chi connectivity index (χ2n) is 8.30. The number of sulfonamides is 2. The summed E-state index contributed by atoms with van der Waals surface area (Å²) in [6, 6.07) is 21.5. The van der Waals surface area contributed by atoms with Gasteiger partial charge in [-0.1, -0.05) is 64.5 Å². The number of halogens is 1. The maximum Gasteiger partial charge on any atom is 0.259 e. The fourth-order valence-electron chi connectivity index (χ4n) is 3.92. The minimum atomic E-state index is -4.09. The van der Waals surface area contributed by atoms with Crippen molar-refractivity contribution in [3.8, 4) is 0 Å². The largest absolute Gasteiger partial charge is 0.271 e. The van der Waals surface area contributed by atoms with Crippen LogP contribution in [0.4, 0.5) is 0 Å². The molecule has 4 rings (SSSR count). The van der Waals surface area contributed by atoms with Crippen LogP contribution in [0.2, 0.25) is 0 Å². The fourth-order valence-corrected chi connectivity index (χ4v) is 7.37. The second kappa shape index (κ2) is 11.2. The molecule has 1 amide bonds. The van der Waals surface area contributed by atoms with Gasteiger partial charge in [-0.05, 0) is 48.9 Å². The minimum Gasteiger partial charge on any atom is -0.271 e. The van der Waals surface area contributed by atoms with Crippen molar-refractivity contribution in [3.05, 3.63) is 95.0 Å². The molecule has 0 bridgehead atoms. The summed E-state index contributed by atoms with van der Waals surface area (Å²) < 4.78 is 56.4. The van der Waals surface area contributed by atoms with E-state index in [0.717, 1.165) is 18.6 Å². The molecule has 0 saturated carbocycles. The van der Waals surface area contributed by atoms with Crippen LogP contribution < -0.4 is 5.43 Å². The Kier molecular flexibility index (Phi) is 8.24. The van der Waals surface area contributed by atoms with Gasteiger partial charge in [-0.2, -0.15) is 13.7 Å². The van der Waals surface area contributed by atoms with Gasteiger partial charge in [0.05, 0.1) is 15.5 Å². The Balaban J connectivity index is 1.65. The highest BCUT2D eigenvalue weighted by molar-refractivity contribution is 9.10. The molecule has 194 valence electrons. The molecule has 1 aliphatic rings. The molecule has 1 fully saturated rings. The van der Waals surface area contributed by atoms with Gasteiger partial charge in [-0.15, -0.1) is 0 Å². The maximum atomic E-state index is 13.5. The monoisotopic (exact) mass is 604 g/mol. The van der Waals surface area contributed by atoms with Gasteiger partial charge >= 0.3 is 0 Å². The Hall–Kier alpha value is -2.90. The number of nitrogens with zero attached hydrogens (tertiary/aromatic N) is 3. The SMILES string of the molecule is C/C(=N/NC(=O)[C@H]1CN(S(=O)(=O)c2ccccc2)CCN1S(=O)(=O)c1ccccc1)c1cccc(Br)c1. The maximum absolute atomic E-state index is 13.5. The van der Waals surface area contributed by atoms with Crippen molar-refractivity contribution in [1.82, 2.24) is 14.0 Å². The number of rotatable bonds is 7. The lowest BCUT2D eigenvalue weighted by molar-refractivity contribution is -0.125. The Morgan fingerprint density at radius 1 is 0.865 bits per heavy atom. The van der Waals surface area contributed by atoms with E-state index < -0.39 is 32.0 Å². The average Bonchev–Trinajstić information content (AvgIpc) is 2.92. The first kappa shape index (κ1) is 27.1. The third-order valence-corrected chi connectivity index (χ3v) is 10.2. The Bertz CT molecular complexity index is 1510. The number of amides is 1. The van der Waals surface area contributed by atoms with Crippen LogP contribution in [-0.4, -0.2) is 62.7 Å². The highest BCUT2D eigenvalue weighted by atomic mass is 79.9. The van der Waals surface area contributed by atoms with E-state index in [1.165, 1.54) is 24.3 Å². The van der Waals surface area contributed by atoms with Crippen molar-refractivity contribution in [2.75, 3.05) is 19.6 Å². The molecular formula is C25H25BrN4O5S2. The van der Waals surface area contributed by atoms with E-state index >= 15 is 0 Å². The molecule has 3 aromatic rings. The van der Waals surface area contributed by atoms with Crippen LogP contribution in [-0.2, 0) is 24.8 Å². The van der Waals surface area contributed by atoms with Crippen LogP contribution in [0.1, 0.15) is 12.5 Å². The standard InChI is InChI=1S/C25H25BrN4O5S2/c1-19(20-9-8-10-21(26)17-20)27-28-25(31)24-18-29(36(32,33)22-11-4-2-5-12-22)15-16-30(24)37(34,35)23-13-6-3-7-14-23/h2-14,17,24H,15-16,18H2,1H3,(H,28,31)/b27-19-/t24-/m1/s1. The molecule has 37 heavy (non-hydrogen) atoms. The molecule has 1 heterocycles. The van der Waals surface area contributed by atoms with Crippen molar-refractivity contribution in [3.63, 3.8) is 0 Å². The molecule has 1 saturated heterocycles. The molecule has 12 heteroatoms. The molecular weight excluding hydrogens is 580 g/mol. The highest BCUT2D eigenvalue weighted by Gasteiger charge is 2.43. The fraction of sp³-hybridized carbons (Fsp3) is 0.200. The number of carbonyl (C=O) groups excluding carboxylic acids is 1. The summed E-state index contributed by atoms with van der Waals surface area (Å²) in [7, 11) is -8.04. The van der Waals surface area contributed by atoms with Crippen LogP contribution in [0.25, 0.3) is 0 Å². The van der Waals surface area contributed by atoms with Crippen molar-refractivity contribution in [2.45, 2.75) is 22.8 Å². The summed E-state index contributed by atoms with van der Waals surface area (Å²) in [6.07, 6.45) is 0. The molecule has 1 aliphatic heterocycles. The Morgan fingerprint density at radius 3 is 2.05 bits per heavy atom. The van der Waals surface area contributed by atoms with Gasteiger partial charge in [0.15, 0.2) is 0 Å². The summed E-state index contributed by atoms with van der Waals surface area (Å²) in [5.41, 5.74) is 3.69. The third kappa shape index (κ3) is 5.99. The first-order valence-electron chi connectivity index (χ1n) is 11.3. The molecule has 1 atom stereocenters. The van der Waals surface area contributed by atoms with E-state index in [9.17, 15) is 21.6 Å². The van der Waals surface area contributed by atoms with Crippen LogP contribution in [0.15, 0.2) is 104 Å². The zero-order chi connectivity index (χ0) is 26.6. The third-order valence-electron chi connectivity index (χ3n) is 5.90. The number of carbonyl (C=O) groups is 1. The van der Waals surface area contributed by atoms with E-state index in [0.29, 0.717) is 5.71 Å². The lowest BCUT2D eigenvalue weighted by Crippen LogP contribution is -2.60. The van der Waals surface area contributed by atoms with Crippen molar-refractivity contribution in [2.24, 2.45) is 5.10 Å². The van der Waals surface area contributed by atoms with Crippen molar-refractivity contribution >= 4 is 47.6 Å². The van der Waals surface area contributed by atoms with Gasteiger partial charge < -0.3 is 0 Å². The lowest BCUT2D eigenvalue weighted by Gasteiger charge is -2.38. The number of piperazine rings is 1. The molecule has 0 radical (unpaired) electrons. The molecule has 0 aliphatic carbocycles. The number of nitrogens with one attached hydrogen (secondary N) is 1. The molecule has 9 nitrogen and oxygen atoms in total. The summed E-state index contributed by atoms with van der Waals surface area (Å²) in [6.45, 7) is 1.04. The quantitative estimate of drug-likeness (QED) is 0.329. The molecule has 0 unspecified atom stereocenters. The Labute approximate surface area is 225 Å². The summed E-state index contributed by atoms with van der Waals surface area (Å²) >= 11 is 3.39. The van der Waals surface area contributed by atoms with Gasteiger partial charge in [0.1, 0.15) is 6.04 Å². The minimum absolute atomic E-state index is 0.0148. The predicted molar refractivity (Wildman–Crippen MR) is 144 cm³/mol. The zero-order valence-electron chi connectivity index (χ0n) is 19.9. The van der Waals surface area contributed by atoms with Gasteiger partial charge in [0, 0.05) is 24.1 Å². The van der Waals surface area contributed by atoms with E-state index in [1.807, 2.05) is 24.3 Å². The van der Waals surface area contributed by atoms with Crippen LogP contribution in [0.5, 0.6) is 0 Å². The highest BCUT2D eigenvalue weighted by Crippen LogP contribution is 2.25. The molecule has 3 aromatic carbocycles. The zero-order valence-corrected chi connectivity index (χ0v) is 23.1. The van der Waals surface area contributed by atoms with Gasteiger partial charge in [-0.25, -0.2) is 22.3 Å². The normalized spacial score (nSPS) is 17.9. The Morgan fingerprint density at radius 2 is 1.46 bits per heavy atom. The molecule has 0 spiro atoms. The van der Waals surface area contributed by atoms with Crippen molar-refractivity contribution < 1.29 is 21.6 Å². The number of benzene rings is 3. The molecule has 0 aromatic heterocycles. The first-order chi connectivity index (χ1) is 17.6. The number of hydrazone groups is 1. The van der Waals surface area contributed by atoms with Crippen LogP contribution in [0.3, 0.4) is 0 Å². The van der Waals surface area contributed by atoms with E-state index in [4.69, 9.17) is 0 Å². The van der Waals surface area contributed by atoms with Gasteiger partial charge in [-0.3, -0.25) is 4.79 Å². The van der Waals surface area contributed by atoms with Gasteiger partial charge in [0.2, 0.25) is 20.0 Å².